The molecule has 0 atom stereocenters. The fourth-order valence-electron chi connectivity index (χ4n) is 0.891. The Morgan fingerprint density at radius 2 is 2.17 bits per heavy atom. The van der Waals surface area contributed by atoms with Crippen LogP contribution in [0.1, 0.15) is 19.4 Å². The molecule has 0 aliphatic heterocycles. The van der Waals surface area contributed by atoms with E-state index in [-0.39, 0.29) is 5.02 Å². The van der Waals surface area contributed by atoms with Gasteiger partial charge in [-0.15, -0.1) is 0 Å². The largest absolute Gasteiger partial charge is 0.386 e. The van der Waals surface area contributed by atoms with Crippen LogP contribution >= 0.6 is 11.6 Å². The van der Waals surface area contributed by atoms with Gasteiger partial charge in [0.1, 0.15) is 5.02 Å². The lowest BCUT2D eigenvalue weighted by Crippen LogP contribution is -2.16. The summed E-state index contributed by atoms with van der Waals surface area (Å²) in [5.74, 6) is -0.753. The molecule has 12 heavy (non-hydrogen) atoms. The van der Waals surface area contributed by atoms with Gasteiger partial charge < -0.3 is 5.11 Å². The maximum atomic E-state index is 12.8. The van der Waals surface area contributed by atoms with Crippen LogP contribution in [0.15, 0.2) is 12.3 Å². The fourth-order valence-corrected chi connectivity index (χ4v) is 1.23. The van der Waals surface area contributed by atoms with Gasteiger partial charge >= 0.3 is 0 Å². The molecule has 66 valence electrons. The summed E-state index contributed by atoms with van der Waals surface area (Å²) in [6.07, 6.45) is 1.27. The van der Waals surface area contributed by atoms with Crippen molar-refractivity contribution < 1.29 is 9.50 Å². The van der Waals surface area contributed by atoms with Gasteiger partial charge in [-0.1, -0.05) is 11.6 Å². The summed E-state index contributed by atoms with van der Waals surface area (Å²) in [5.41, 5.74) is -0.794. The van der Waals surface area contributed by atoms with Crippen LogP contribution in [0.3, 0.4) is 0 Å². The molecule has 0 amide bonds. The van der Waals surface area contributed by atoms with E-state index in [4.69, 9.17) is 11.6 Å². The van der Waals surface area contributed by atoms with E-state index in [0.29, 0.717) is 5.56 Å². The molecule has 0 radical (unpaired) electrons. The number of hydrogen-bond donors (Lipinski definition) is 1. The molecular formula is C8H9ClFNO. The first-order valence-electron chi connectivity index (χ1n) is 3.46. The monoisotopic (exact) mass is 189 g/mol. The molecular weight excluding hydrogens is 181 g/mol. The van der Waals surface area contributed by atoms with Crippen LogP contribution < -0.4 is 0 Å². The van der Waals surface area contributed by atoms with Gasteiger partial charge in [0.15, 0.2) is 0 Å². The molecule has 0 aliphatic rings. The molecule has 1 aromatic rings. The van der Waals surface area contributed by atoms with Gasteiger partial charge in [0, 0.05) is 11.8 Å². The average Bonchev–Trinajstić information content (AvgIpc) is 1.92. The minimum Gasteiger partial charge on any atom is -0.386 e. The molecule has 0 aliphatic carbocycles. The van der Waals surface area contributed by atoms with E-state index in [1.54, 1.807) is 0 Å². The molecule has 0 unspecified atom stereocenters. The highest BCUT2D eigenvalue weighted by atomic mass is 35.5. The molecule has 1 aromatic heterocycles. The summed E-state index contributed by atoms with van der Waals surface area (Å²) in [6, 6.07) is 1.49. The lowest BCUT2D eigenvalue weighted by molar-refractivity contribution is 0.0782. The Bertz CT molecular complexity index is 296. The molecule has 0 saturated carbocycles. The molecule has 2 nitrogen and oxygen atoms in total. The highest BCUT2D eigenvalue weighted by Gasteiger charge is 2.21. The van der Waals surface area contributed by atoms with E-state index in [0.717, 1.165) is 0 Å². The van der Waals surface area contributed by atoms with Gasteiger partial charge in [-0.25, -0.2) is 4.98 Å². The molecule has 0 bridgehead atoms. The predicted octanol–water partition coefficient (Wildman–Crippen LogP) is 2.10. The third kappa shape index (κ3) is 1.73. The van der Waals surface area contributed by atoms with Crippen LogP contribution in [0.2, 0.25) is 5.02 Å². The SMILES string of the molecule is CC(C)(O)c1ccnc(F)c1Cl. The van der Waals surface area contributed by atoms with Crippen LogP contribution in [-0.4, -0.2) is 10.1 Å². The third-order valence-corrected chi connectivity index (χ3v) is 1.87. The van der Waals surface area contributed by atoms with E-state index in [2.05, 4.69) is 4.98 Å². The van der Waals surface area contributed by atoms with Crippen LogP contribution in [-0.2, 0) is 5.60 Å². The zero-order valence-corrected chi connectivity index (χ0v) is 7.56. The summed E-state index contributed by atoms with van der Waals surface area (Å²) < 4.78 is 12.8. The summed E-state index contributed by atoms with van der Waals surface area (Å²) >= 11 is 5.58. The number of aromatic nitrogens is 1. The minimum absolute atomic E-state index is 0.120. The van der Waals surface area contributed by atoms with E-state index < -0.39 is 11.5 Å². The fraction of sp³-hybridized carbons (Fsp3) is 0.375. The van der Waals surface area contributed by atoms with Crippen LogP contribution in [0.5, 0.6) is 0 Å². The summed E-state index contributed by atoms with van der Waals surface area (Å²) in [7, 11) is 0. The smallest absolute Gasteiger partial charge is 0.232 e. The van der Waals surface area contributed by atoms with Gasteiger partial charge in [0.25, 0.3) is 0 Å². The van der Waals surface area contributed by atoms with Crippen LogP contribution in [0, 0.1) is 5.95 Å². The Labute approximate surface area is 75.0 Å². The van der Waals surface area contributed by atoms with Crippen molar-refractivity contribution in [2.24, 2.45) is 0 Å². The quantitative estimate of drug-likeness (QED) is 0.687. The lowest BCUT2D eigenvalue weighted by atomic mass is 10.00. The molecule has 4 heteroatoms. The van der Waals surface area contributed by atoms with Crippen molar-refractivity contribution in [2.45, 2.75) is 19.4 Å². The molecule has 1 N–H and O–H groups in total. The molecule has 0 aromatic carbocycles. The minimum atomic E-state index is -1.14. The normalized spacial score (nSPS) is 11.8. The van der Waals surface area contributed by atoms with Crippen molar-refractivity contribution in [1.82, 2.24) is 4.98 Å². The summed E-state index contributed by atoms with van der Waals surface area (Å²) in [4.78, 5) is 3.34. The van der Waals surface area contributed by atoms with E-state index >= 15 is 0 Å². The van der Waals surface area contributed by atoms with Gasteiger partial charge in [-0.2, -0.15) is 4.39 Å². The van der Waals surface area contributed by atoms with Gasteiger partial charge in [0.05, 0.1) is 5.60 Å². The van der Waals surface area contributed by atoms with Gasteiger partial charge in [0.2, 0.25) is 5.95 Å². The second kappa shape index (κ2) is 2.99. The third-order valence-electron chi connectivity index (χ3n) is 1.51. The number of hydrogen-bond acceptors (Lipinski definition) is 2. The molecule has 1 rings (SSSR count). The molecule has 0 saturated heterocycles. The number of nitrogens with zero attached hydrogens (tertiary/aromatic N) is 1. The maximum Gasteiger partial charge on any atom is 0.232 e. The first-order valence-corrected chi connectivity index (χ1v) is 3.83. The predicted molar refractivity (Wildman–Crippen MR) is 44.4 cm³/mol. The number of halogens is 2. The summed E-state index contributed by atoms with van der Waals surface area (Å²) in [6.45, 7) is 3.07. The Morgan fingerprint density at radius 3 is 2.58 bits per heavy atom. The highest BCUT2D eigenvalue weighted by molar-refractivity contribution is 6.31. The van der Waals surface area contributed by atoms with E-state index in [9.17, 15) is 9.50 Å². The molecule has 0 fully saturated rings. The maximum absolute atomic E-state index is 12.8. The van der Waals surface area contributed by atoms with Crippen molar-refractivity contribution in [1.29, 1.82) is 0 Å². The van der Waals surface area contributed by atoms with Crippen molar-refractivity contribution >= 4 is 11.6 Å². The molecule has 0 spiro atoms. The van der Waals surface area contributed by atoms with Gasteiger partial charge in [-0.05, 0) is 19.9 Å². The van der Waals surface area contributed by atoms with Crippen molar-refractivity contribution in [3.63, 3.8) is 0 Å². The average molecular weight is 190 g/mol. The standard InChI is InChI=1S/C8H9ClFNO/c1-8(2,12)5-3-4-11-7(10)6(5)9/h3-4,12H,1-2H3. The van der Waals surface area contributed by atoms with Crippen molar-refractivity contribution in [3.8, 4) is 0 Å². The van der Waals surface area contributed by atoms with E-state index in [1.807, 2.05) is 0 Å². The Hall–Kier alpha value is -0.670. The first kappa shape index (κ1) is 9.42. The number of aliphatic hydroxyl groups is 1. The Kier molecular flexibility index (Phi) is 2.35. The zero-order valence-electron chi connectivity index (χ0n) is 6.81. The Balaban J connectivity index is 3.26. The Morgan fingerprint density at radius 1 is 1.58 bits per heavy atom. The molecule has 1 heterocycles. The van der Waals surface area contributed by atoms with E-state index in [1.165, 1.54) is 26.1 Å². The van der Waals surface area contributed by atoms with Gasteiger partial charge in [-0.3, -0.25) is 0 Å². The highest BCUT2D eigenvalue weighted by Crippen LogP contribution is 2.27. The van der Waals surface area contributed by atoms with Crippen molar-refractivity contribution in [3.05, 3.63) is 28.8 Å². The summed E-state index contributed by atoms with van der Waals surface area (Å²) in [5, 5.41) is 9.40. The number of pyridine rings is 1. The van der Waals surface area contributed by atoms with Crippen LogP contribution in [0.4, 0.5) is 4.39 Å². The number of rotatable bonds is 1. The lowest BCUT2D eigenvalue weighted by Gasteiger charge is -2.18. The topological polar surface area (TPSA) is 33.1 Å². The van der Waals surface area contributed by atoms with Crippen molar-refractivity contribution in [2.75, 3.05) is 0 Å². The first-order chi connectivity index (χ1) is 5.43. The zero-order chi connectivity index (χ0) is 9.35. The van der Waals surface area contributed by atoms with Crippen LogP contribution in [0.25, 0.3) is 0 Å². The second-order valence-corrected chi connectivity index (χ2v) is 3.40. The second-order valence-electron chi connectivity index (χ2n) is 3.02.